The van der Waals surface area contributed by atoms with Crippen molar-refractivity contribution in [2.24, 2.45) is 11.8 Å². The largest absolute Gasteiger partial charge is 0.342 e. The third-order valence-corrected chi connectivity index (χ3v) is 5.59. The zero-order chi connectivity index (χ0) is 18.5. The summed E-state index contributed by atoms with van der Waals surface area (Å²) < 4.78 is 0. The summed E-state index contributed by atoms with van der Waals surface area (Å²) in [5, 5.41) is 3.56. The zero-order valence-electron chi connectivity index (χ0n) is 14.7. The monoisotopic (exact) mass is 377 g/mol. The van der Waals surface area contributed by atoms with Crippen LogP contribution in [0.1, 0.15) is 25.7 Å². The van der Waals surface area contributed by atoms with E-state index in [1.165, 1.54) is 0 Å². The molecule has 2 aliphatic rings. The Labute approximate surface area is 158 Å². The Bertz CT molecular complexity index is 648. The van der Waals surface area contributed by atoms with Crippen molar-refractivity contribution in [1.82, 2.24) is 9.80 Å². The SMILES string of the molecule is O=CN1CCN(C(=O)C2CCC(C(=O)Nc3ccc(Cl)cc3)CC2)CC1. The van der Waals surface area contributed by atoms with Crippen LogP contribution in [0.25, 0.3) is 0 Å². The first-order valence-electron chi connectivity index (χ1n) is 9.11. The third kappa shape index (κ3) is 4.55. The van der Waals surface area contributed by atoms with Crippen LogP contribution in [-0.2, 0) is 14.4 Å². The average Bonchev–Trinajstić information content (AvgIpc) is 2.69. The van der Waals surface area contributed by atoms with Crippen molar-refractivity contribution in [2.75, 3.05) is 31.5 Å². The van der Waals surface area contributed by atoms with Gasteiger partial charge < -0.3 is 15.1 Å². The maximum absolute atomic E-state index is 12.7. The minimum Gasteiger partial charge on any atom is -0.342 e. The number of carbonyl (C=O) groups excluding carboxylic acids is 3. The second-order valence-corrected chi connectivity index (χ2v) is 7.45. The van der Waals surface area contributed by atoms with Crippen LogP contribution < -0.4 is 5.32 Å². The molecular formula is C19H24ClN3O3. The van der Waals surface area contributed by atoms with Crippen LogP contribution >= 0.6 is 11.6 Å². The van der Waals surface area contributed by atoms with Gasteiger partial charge in [0.1, 0.15) is 0 Å². The number of anilines is 1. The molecule has 1 aromatic rings. The molecular weight excluding hydrogens is 354 g/mol. The number of amides is 3. The second-order valence-electron chi connectivity index (χ2n) is 7.01. The number of piperazine rings is 1. The lowest BCUT2D eigenvalue weighted by atomic mass is 9.80. The van der Waals surface area contributed by atoms with Gasteiger partial charge in [-0.1, -0.05) is 11.6 Å². The minimum atomic E-state index is -0.0540. The van der Waals surface area contributed by atoms with Crippen LogP contribution in [0.5, 0.6) is 0 Å². The maximum Gasteiger partial charge on any atom is 0.227 e. The molecule has 3 rings (SSSR count). The molecule has 3 amide bonds. The Morgan fingerprint density at radius 3 is 2.12 bits per heavy atom. The Kier molecular flexibility index (Phi) is 6.14. The van der Waals surface area contributed by atoms with E-state index in [-0.39, 0.29) is 23.7 Å². The average molecular weight is 378 g/mol. The molecule has 1 saturated heterocycles. The molecule has 1 aliphatic heterocycles. The molecule has 0 atom stereocenters. The Balaban J connectivity index is 1.46. The van der Waals surface area contributed by atoms with E-state index in [2.05, 4.69) is 5.32 Å². The fourth-order valence-electron chi connectivity index (χ4n) is 3.69. The van der Waals surface area contributed by atoms with Crippen molar-refractivity contribution in [2.45, 2.75) is 25.7 Å². The van der Waals surface area contributed by atoms with E-state index in [0.29, 0.717) is 31.2 Å². The zero-order valence-corrected chi connectivity index (χ0v) is 15.5. The van der Waals surface area contributed by atoms with E-state index in [4.69, 9.17) is 11.6 Å². The molecule has 0 spiro atoms. The first kappa shape index (κ1) is 18.7. The first-order chi connectivity index (χ1) is 12.6. The van der Waals surface area contributed by atoms with Crippen LogP contribution in [0.4, 0.5) is 5.69 Å². The number of nitrogens with zero attached hydrogens (tertiary/aromatic N) is 2. The molecule has 1 heterocycles. The van der Waals surface area contributed by atoms with Crippen LogP contribution in [-0.4, -0.2) is 54.2 Å². The summed E-state index contributed by atoms with van der Waals surface area (Å²) in [4.78, 5) is 39.4. The lowest BCUT2D eigenvalue weighted by Crippen LogP contribution is -2.50. The predicted octanol–water partition coefficient (Wildman–Crippen LogP) is 2.39. The van der Waals surface area contributed by atoms with Gasteiger partial charge in [0, 0.05) is 48.7 Å². The highest BCUT2D eigenvalue weighted by atomic mass is 35.5. The van der Waals surface area contributed by atoms with Crippen LogP contribution in [0.3, 0.4) is 0 Å². The predicted molar refractivity (Wildman–Crippen MR) is 99.7 cm³/mol. The van der Waals surface area contributed by atoms with Crippen molar-refractivity contribution >= 4 is 35.5 Å². The molecule has 0 unspecified atom stereocenters. The van der Waals surface area contributed by atoms with Crippen LogP contribution in [0.2, 0.25) is 5.02 Å². The van der Waals surface area contributed by atoms with Crippen molar-refractivity contribution < 1.29 is 14.4 Å². The summed E-state index contributed by atoms with van der Waals surface area (Å²) >= 11 is 5.85. The third-order valence-electron chi connectivity index (χ3n) is 5.33. The van der Waals surface area contributed by atoms with E-state index in [1.807, 2.05) is 4.90 Å². The van der Waals surface area contributed by atoms with Gasteiger partial charge in [0.2, 0.25) is 18.2 Å². The van der Waals surface area contributed by atoms with Crippen molar-refractivity contribution in [1.29, 1.82) is 0 Å². The molecule has 2 fully saturated rings. The van der Waals surface area contributed by atoms with E-state index in [1.54, 1.807) is 29.2 Å². The van der Waals surface area contributed by atoms with Gasteiger partial charge in [0.05, 0.1) is 0 Å². The highest BCUT2D eigenvalue weighted by Gasteiger charge is 2.33. The highest BCUT2D eigenvalue weighted by molar-refractivity contribution is 6.30. The molecule has 0 aromatic heterocycles. The molecule has 140 valence electrons. The maximum atomic E-state index is 12.7. The molecule has 1 aromatic carbocycles. The fourth-order valence-corrected chi connectivity index (χ4v) is 3.81. The van der Waals surface area contributed by atoms with Crippen molar-refractivity contribution in [3.63, 3.8) is 0 Å². The van der Waals surface area contributed by atoms with E-state index in [0.717, 1.165) is 37.8 Å². The second kappa shape index (κ2) is 8.54. The van der Waals surface area contributed by atoms with Gasteiger partial charge in [-0.2, -0.15) is 0 Å². The Morgan fingerprint density at radius 2 is 1.54 bits per heavy atom. The molecule has 0 bridgehead atoms. The summed E-state index contributed by atoms with van der Waals surface area (Å²) in [5.41, 5.74) is 0.741. The van der Waals surface area contributed by atoms with E-state index < -0.39 is 0 Å². The molecule has 6 nitrogen and oxygen atoms in total. The van der Waals surface area contributed by atoms with Crippen LogP contribution in [0, 0.1) is 11.8 Å². The standard InChI is InChI=1S/C19H24ClN3O3/c20-16-5-7-17(8-6-16)21-18(25)14-1-3-15(4-2-14)19(26)23-11-9-22(13-24)10-12-23/h5-8,13-15H,1-4,9-12H2,(H,21,25). The topological polar surface area (TPSA) is 69.7 Å². The molecule has 0 radical (unpaired) electrons. The Hall–Kier alpha value is -2.08. The van der Waals surface area contributed by atoms with Gasteiger partial charge in [-0.25, -0.2) is 0 Å². The smallest absolute Gasteiger partial charge is 0.227 e. The summed E-state index contributed by atoms with van der Waals surface area (Å²) in [6, 6.07) is 7.07. The summed E-state index contributed by atoms with van der Waals surface area (Å²) in [7, 11) is 0. The van der Waals surface area contributed by atoms with Gasteiger partial charge in [-0.3, -0.25) is 14.4 Å². The van der Waals surface area contributed by atoms with E-state index >= 15 is 0 Å². The van der Waals surface area contributed by atoms with Gasteiger partial charge in [0.25, 0.3) is 0 Å². The quantitative estimate of drug-likeness (QED) is 0.819. The number of hydrogen-bond acceptors (Lipinski definition) is 3. The minimum absolute atomic E-state index is 0.00244. The lowest BCUT2D eigenvalue weighted by Gasteiger charge is -2.36. The number of nitrogens with one attached hydrogen (secondary N) is 1. The number of carbonyl (C=O) groups is 3. The van der Waals surface area contributed by atoms with Gasteiger partial charge >= 0.3 is 0 Å². The summed E-state index contributed by atoms with van der Waals surface area (Å²) in [6.07, 6.45) is 3.78. The summed E-state index contributed by atoms with van der Waals surface area (Å²) in [5.74, 6) is 0.129. The normalized spacial score (nSPS) is 23.4. The number of benzene rings is 1. The highest BCUT2D eigenvalue weighted by Crippen LogP contribution is 2.31. The fraction of sp³-hybridized carbons (Fsp3) is 0.526. The van der Waals surface area contributed by atoms with Crippen molar-refractivity contribution in [3.8, 4) is 0 Å². The van der Waals surface area contributed by atoms with Gasteiger partial charge in [0.15, 0.2) is 0 Å². The summed E-state index contributed by atoms with van der Waals surface area (Å²) in [6.45, 7) is 2.42. The van der Waals surface area contributed by atoms with Gasteiger partial charge in [-0.15, -0.1) is 0 Å². The lowest BCUT2D eigenvalue weighted by molar-refractivity contribution is -0.140. The van der Waals surface area contributed by atoms with Crippen LogP contribution in [0.15, 0.2) is 24.3 Å². The number of halogens is 1. The molecule has 7 heteroatoms. The van der Waals surface area contributed by atoms with Gasteiger partial charge in [-0.05, 0) is 49.9 Å². The Morgan fingerprint density at radius 1 is 0.962 bits per heavy atom. The number of hydrogen-bond donors (Lipinski definition) is 1. The molecule has 26 heavy (non-hydrogen) atoms. The number of rotatable bonds is 4. The van der Waals surface area contributed by atoms with E-state index in [9.17, 15) is 14.4 Å². The van der Waals surface area contributed by atoms with Crippen molar-refractivity contribution in [3.05, 3.63) is 29.3 Å². The molecule has 1 N–H and O–H groups in total. The molecule has 1 saturated carbocycles. The first-order valence-corrected chi connectivity index (χ1v) is 9.49. The molecule has 1 aliphatic carbocycles.